The van der Waals surface area contributed by atoms with Gasteiger partial charge in [0.15, 0.2) is 0 Å². The summed E-state index contributed by atoms with van der Waals surface area (Å²) in [5, 5.41) is 3.45. The summed E-state index contributed by atoms with van der Waals surface area (Å²) in [7, 11) is 0. The molecule has 3 aliphatic rings. The summed E-state index contributed by atoms with van der Waals surface area (Å²) in [6.45, 7) is 10.5. The van der Waals surface area contributed by atoms with Crippen molar-refractivity contribution in [2.24, 2.45) is 0 Å². The third-order valence-corrected chi connectivity index (χ3v) is 5.74. The highest BCUT2D eigenvalue weighted by Gasteiger charge is 2.29. The van der Waals surface area contributed by atoms with E-state index < -0.39 is 0 Å². The number of likely N-dealkylation sites (tertiary alicyclic amines) is 1. The summed E-state index contributed by atoms with van der Waals surface area (Å²) >= 11 is 0. The molecule has 1 amide bonds. The molecule has 0 aromatic heterocycles. The van der Waals surface area contributed by atoms with Crippen LogP contribution in [0.25, 0.3) is 0 Å². The van der Waals surface area contributed by atoms with Gasteiger partial charge >= 0.3 is 0 Å². The van der Waals surface area contributed by atoms with Gasteiger partial charge in [-0.3, -0.25) is 14.6 Å². The summed E-state index contributed by atoms with van der Waals surface area (Å²) in [4.78, 5) is 19.8. The van der Waals surface area contributed by atoms with Crippen molar-refractivity contribution in [3.63, 3.8) is 0 Å². The Morgan fingerprint density at radius 3 is 2.52 bits per heavy atom. The average molecular weight is 345 g/mol. The van der Waals surface area contributed by atoms with Gasteiger partial charge in [-0.25, -0.2) is 0 Å². The topological polar surface area (TPSA) is 38.8 Å². The van der Waals surface area contributed by atoms with E-state index in [9.17, 15) is 4.79 Å². The molecule has 23 heavy (non-hydrogen) atoms. The number of halogens is 1. The van der Waals surface area contributed by atoms with Crippen molar-refractivity contribution < 1.29 is 4.79 Å². The highest BCUT2D eigenvalue weighted by Crippen LogP contribution is 2.20. The lowest BCUT2D eigenvalue weighted by atomic mass is 10.00. The SMILES string of the molecule is CCC1CCCCN1C(=O)CN1CCN(C2CCNC2)CC1.Cl. The molecule has 134 valence electrons. The van der Waals surface area contributed by atoms with Crippen LogP contribution >= 0.6 is 12.4 Å². The van der Waals surface area contributed by atoms with Gasteiger partial charge in [-0.2, -0.15) is 0 Å². The van der Waals surface area contributed by atoms with Gasteiger partial charge in [0, 0.05) is 51.4 Å². The first-order valence-electron chi connectivity index (χ1n) is 9.24. The Morgan fingerprint density at radius 1 is 1.09 bits per heavy atom. The van der Waals surface area contributed by atoms with Crippen LogP contribution in [0.1, 0.15) is 39.0 Å². The predicted octanol–water partition coefficient (Wildman–Crippen LogP) is 1.18. The third-order valence-electron chi connectivity index (χ3n) is 5.74. The maximum Gasteiger partial charge on any atom is 0.236 e. The molecule has 2 atom stereocenters. The molecule has 2 unspecified atom stereocenters. The molecular weight excluding hydrogens is 312 g/mol. The Labute approximate surface area is 147 Å². The molecule has 0 aromatic carbocycles. The van der Waals surface area contributed by atoms with Crippen molar-refractivity contribution in [1.29, 1.82) is 0 Å². The third kappa shape index (κ3) is 4.81. The molecule has 0 saturated carbocycles. The quantitative estimate of drug-likeness (QED) is 0.831. The van der Waals surface area contributed by atoms with Gasteiger partial charge in [0.25, 0.3) is 0 Å². The Morgan fingerprint density at radius 2 is 1.87 bits per heavy atom. The second kappa shape index (κ2) is 9.21. The fourth-order valence-corrected chi connectivity index (χ4v) is 4.27. The molecule has 5 nitrogen and oxygen atoms in total. The average Bonchev–Trinajstić information content (AvgIpc) is 3.10. The smallest absolute Gasteiger partial charge is 0.236 e. The van der Waals surface area contributed by atoms with Crippen molar-refractivity contribution in [3.8, 4) is 0 Å². The summed E-state index contributed by atoms with van der Waals surface area (Å²) in [6, 6.07) is 1.22. The van der Waals surface area contributed by atoms with Gasteiger partial charge in [-0.05, 0) is 38.6 Å². The molecule has 6 heteroatoms. The Hall–Kier alpha value is -0.360. The van der Waals surface area contributed by atoms with Crippen LogP contribution in [0.4, 0.5) is 0 Å². The van der Waals surface area contributed by atoms with E-state index in [2.05, 4.69) is 26.9 Å². The van der Waals surface area contributed by atoms with Crippen LogP contribution in [0.5, 0.6) is 0 Å². The minimum absolute atomic E-state index is 0. The lowest BCUT2D eigenvalue weighted by Gasteiger charge is -2.40. The van der Waals surface area contributed by atoms with E-state index >= 15 is 0 Å². The zero-order valence-corrected chi connectivity index (χ0v) is 15.3. The molecule has 0 radical (unpaired) electrons. The first-order valence-corrected chi connectivity index (χ1v) is 9.24. The van der Waals surface area contributed by atoms with Crippen molar-refractivity contribution >= 4 is 18.3 Å². The number of rotatable bonds is 4. The molecular formula is C17H33ClN4O. The van der Waals surface area contributed by atoms with Crippen LogP contribution in [-0.4, -0.2) is 85.0 Å². The van der Waals surface area contributed by atoms with E-state index in [4.69, 9.17) is 0 Å². The number of carbonyl (C=O) groups is 1. The maximum atomic E-state index is 12.6. The van der Waals surface area contributed by atoms with Crippen molar-refractivity contribution in [2.45, 2.75) is 51.1 Å². The van der Waals surface area contributed by atoms with Crippen LogP contribution in [0, 0.1) is 0 Å². The van der Waals surface area contributed by atoms with Crippen LogP contribution < -0.4 is 5.32 Å². The van der Waals surface area contributed by atoms with Gasteiger partial charge < -0.3 is 10.2 Å². The van der Waals surface area contributed by atoms with Crippen LogP contribution in [-0.2, 0) is 4.79 Å². The summed E-state index contributed by atoms with van der Waals surface area (Å²) in [5.41, 5.74) is 0. The van der Waals surface area contributed by atoms with Gasteiger partial charge in [-0.1, -0.05) is 6.92 Å². The van der Waals surface area contributed by atoms with E-state index in [1.165, 1.54) is 25.7 Å². The largest absolute Gasteiger partial charge is 0.339 e. The van der Waals surface area contributed by atoms with Gasteiger partial charge in [0.1, 0.15) is 0 Å². The van der Waals surface area contributed by atoms with E-state index in [1.807, 2.05) is 0 Å². The minimum Gasteiger partial charge on any atom is -0.339 e. The van der Waals surface area contributed by atoms with Gasteiger partial charge in [0.2, 0.25) is 5.91 Å². The van der Waals surface area contributed by atoms with E-state index in [0.29, 0.717) is 18.5 Å². The fraction of sp³-hybridized carbons (Fsp3) is 0.941. The van der Waals surface area contributed by atoms with E-state index in [1.54, 1.807) is 0 Å². The zero-order chi connectivity index (χ0) is 15.4. The molecule has 3 fully saturated rings. The molecule has 0 bridgehead atoms. The number of hydrogen-bond acceptors (Lipinski definition) is 4. The lowest BCUT2D eigenvalue weighted by molar-refractivity contribution is -0.136. The van der Waals surface area contributed by atoms with E-state index in [-0.39, 0.29) is 12.4 Å². The number of piperazine rings is 1. The van der Waals surface area contributed by atoms with Gasteiger partial charge in [-0.15, -0.1) is 12.4 Å². The lowest BCUT2D eigenvalue weighted by Crippen LogP contribution is -2.54. The molecule has 0 spiro atoms. The molecule has 3 rings (SSSR count). The number of nitrogens with one attached hydrogen (secondary N) is 1. The molecule has 3 aliphatic heterocycles. The highest BCUT2D eigenvalue weighted by molar-refractivity contribution is 5.85. The van der Waals surface area contributed by atoms with Crippen molar-refractivity contribution in [3.05, 3.63) is 0 Å². The molecule has 0 aliphatic carbocycles. The summed E-state index contributed by atoms with van der Waals surface area (Å²) in [6.07, 6.45) is 6.06. The fourth-order valence-electron chi connectivity index (χ4n) is 4.27. The Bertz CT molecular complexity index is 368. The number of amides is 1. The normalized spacial score (nSPS) is 30.2. The number of piperidine rings is 1. The molecule has 3 saturated heterocycles. The highest BCUT2D eigenvalue weighted by atomic mass is 35.5. The standard InChI is InChI=1S/C17H32N4O.ClH/c1-2-15-5-3-4-8-21(15)17(22)14-19-9-11-20(12-10-19)16-6-7-18-13-16;/h15-16,18H,2-14H2,1H3;1H. The van der Waals surface area contributed by atoms with E-state index in [0.717, 1.165) is 58.3 Å². The first-order chi connectivity index (χ1) is 10.8. The Kier molecular flexibility index (Phi) is 7.60. The Balaban J connectivity index is 0.00000192. The monoisotopic (exact) mass is 344 g/mol. The summed E-state index contributed by atoms with van der Waals surface area (Å²) < 4.78 is 0. The number of nitrogens with zero attached hydrogens (tertiary/aromatic N) is 3. The van der Waals surface area contributed by atoms with Crippen LogP contribution in [0.15, 0.2) is 0 Å². The number of carbonyl (C=O) groups excluding carboxylic acids is 1. The first kappa shape index (κ1) is 19.0. The maximum absolute atomic E-state index is 12.6. The zero-order valence-electron chi connectivity index (χ0n) is 14.5. The number of hydrogen-bond donors (Lipinski definition) is 1. The second-order valence-corrected chi connectivity index (χ2v) is 7.10. The van der Waals surface area contributed by atoms with Crippen LogP contribution in [0.3, 0.4) is 0 Å². The minimum atomic E-state index is 0. The molecule has 0 aromatic rings. The predicted molar refractivity (Wildman–Crippen MR) is 96.2 cm³/mol. The van der Waals surface area contributed by atoms with Crippen molar-refractivity contribution in [2.75, 3.05) is 52.4 Å². The van der Waals surface area contributed by atoms with Gasteiger partial charge in [0.05, 0.1) is 6.54 Å². The molecule has 1 N–H and O–H groups in total. The summed E-state index contributed by atoms with van der Waals surface area (Å²) in [5.74, 6) is 0.363. The second-order valence-electron chi connectivity index (χ2n) is 7.10. The van der Waals surface area contributed by atoms with Crippen molar-refractivity contribution in [1.82, 2.24) is 20.0 Å². The molecule has 3 heterocycles. The van der Waals surface area contributed by atoms with Crippen LogP contribution in [0.2, 0.25) is 0 Å².